The zero-order valence-electron chi connectivity index (χ0n) is 12.7. The van der Waals surface area contributed by atoms with Crippen molar-refractivity contribution in [1.29, 1.82) is 0 Å². The van der Waals surface area contributed by atoms with Crippen LogP contribution in [0.2, 0.25) is 0 Å². The van der Waals surface area contributed by atoms with Crippen LogP contribution in [0.5, 0.6) is 0 Å². The van der Waals surface area contributed by atoms with E-state index in [1.807, 2.05) is 32.0 Å². The fourth-order valence-corrected chi connectivity index (χ4v) is 2.11. The molecule has 0 fully saturated rings. The Labute approximate surface area is 124 Å². The molecule has 0 bridgehead atoms. The van der Waals surface area contributed by atoms with Crippen LogP contribution < -0.4 is 5.32 Å². The van der Waals surface area contributed by atoms with Crippen molar-refractivity contribution in [3.8, 4) is 11.3 Å². The first-order valence-corrected chi connectivity index (χ1v) is 7.21. The zero-order chi connectivity index (χ0) is 15.4. The van der Waals surface area contributed by atoms with Gasteiger partial charge in [0.2, 0.25) is 0 Å². The number of furan rings is 1. The second-order valence-electron chi connectivity index (χ2n) is 5.51. The van der Waals surface area contributed by atoms with Gasteiger partial charge < -0.3 is 14.8 Å². The number of hydrogen-bond donors (Lipinski definition) is 2. The van der Waals surface area contributed by atoms with Crippen LogP contribution in [0.1, 0.15) is 25.2 Å². The van der Waals surface area contributed by atoms with Crippen molar-refractivity contribution in [3.05, 3.63) is 47.5 Å². The summed E-state index contributed by atoms with van der Waals surface area (Å²) in [7, 11) is 0. The third-order valence-electron chi connectivity index (χ3n) is 3.93. The summed E-state index contributed by atoms with van der Waals surface area (Å²) < 4.78 is 19.4. The van der Waals surface area contributed by atoms with Gasteiger partial charge in [-0.1, -0.05) is 19.1 Å². The highest BCUT2D eigenvalue weighted by molar-refractivity contribution is 5.62. The molecule has 0 amide bonds. The summed E-state index contributed by atoms with van der Waals surface area (Å²) in [6.45, 7) is 6.50. The van der Waals surface area contributed by atoms with Crippen LogP contribution in [0, 0.1) is 18.7 Å². The third-order valence-corrected chi connectivity index (χ3v) is 3.93. The van der Waals surface area contributed by atoms with Crippen LogP contribution in [0.3, 0.4) is 0 Å². The standard InChI is InChI=1S/C17H22FNO2/c1-11(10-20)13(3)19-9-14-7-8-17(21-14)15-5-4-6-16(18)12(15)2/h4-8,11,13,19-20H,9-10H2,1-3H3/t11-,13+/m0/s1. The van der Waals surface area contributed by atoms with Gasteiger partial charge in [-0.15, -0.1) is 0 Å². The Bertz CT molecular complexity index is 594. The number of benzene rings is 1. The lowest BCUT2D eigenvalue weighted by atomic mass is 10.1. The maximum absolute atomic E-state index is 13.6. The second-order valence-corrected chi connectivity index (χ2v) is 5.51. The predicted octanol–water partition coefficient (Wildman–Crippen LogP) is 3.50. The molecule has 2 rings (SSSR count). The quantitative estimate of drug-likeness (QED) is 0.856. The number of nitrogens with one attached hydrogen (secondary N) is 1. The van der Waals surface area contributed by atoms with Crippen LogP contribution in [-0.4, -0.2) is 17.8 Å². The van der Waals surface area contributed by atoms with Crippen LogP contribution in [0.4, 0.5) is 4.39 Å². The molecule has 4 heteroatoms. The van der Waals surface area contributed by atoms with Crippen LogP contribution in [0.25, 0.3) is 11.3 Å². The molecule has 0 aliphatic heterocycles. The first-order chi connectivity index (χ1) is 10.0. The Morgan fingerprint density at radius 3 is 2.71 bits per heavy atom. The van der Waals surface area contributed by atoms with Gasteiger partial charge in [-0.05, 0) is 43.5 Å². The van der Waals surface area contributed by atoms with E-state index in [1.54, 1.807) is 13.0 Å². The average molecular weight is 291 g/mol. The van der Waals surface area contributed by atoms with Gasteiger partial charge >= 0.3 is 0 Å². The molecule has 2 N–H and O–H groups in total. The molecule has 2 aromatic rings. The third kappa shape index (κ3) is 3.71. The smallest absolute Gasteiger partial charge is 0.134 e. The van der Waals surface area contributed by atoms with E-state index >= 15 is 0 Å². The number of rotatable bonds is 6. The minimum Gasteiger partial charge on any atom is -0.460 e. The maximum atomic E-state index is 13.6. The van der Waals surface area contributed by atoms with Crippen LogP contribution in [0.15, 0.2) is 34.7 Å². The van der Waals surface area contributed by atoms with Crippen molar-refractivity contribution in [1.82, 2.24) is 5.32 Å². The molecule has 2 atom stereocenters. The summed E-state index contributed by atoms with van der Waals surface area (Å²) in [6.07, 6.45) is 0. The molecule has 0 unspecified atom stereocenters. The van der Waals surface area contributed by atoms with Crippen molar-refractivity contribution in [2.45, 2.75) is 33.4 Å². The highest BCUT2D eigenvalue weighted by atomic mass is 19.1. The fourth-order valence-electron chi connectivity index (χ4n) is 2.11. The molecule has 0 aliphatic carbocycles. The SMILES string of the molecule is Cc1c(F)cccc1-c1ccc(CN[C@H](C)[C@@H](C)CO)o1. The summed E-state index contributed by atoms with van der Waals surface area (Å²) in [5.41, 5.74) is 1.37. The summed E-state index contributed by atoms with van der Waals surface area (Å²) in [5.74, 6) is 1.43. The minimum absolute atomic E-state index is 0.153. The first-order valence-electron chi connectivity index (χ1n) is 7.21. The topological polar surface area (TPSA) is 45.4 Å². The highest BCUT2D eigenvalue weighted by Gasteiger charge is 2.13. The van der Waals surface area contributed by atoms with E-state index < -0.39 is 0 Å². The monoisotopic (exact) mass is 291 g/mol. The average Bonchev–Trinajstić information content (AvgIpc) is 2.95. The van der Waals surface area contributed by atoms with Crippen LogP contribution in [-0.2, 0) is 6.54 Å². The number of aliphatic hydroxyl groups is 1. The minimum atomic E-state index is -0.228. The number of halogens is 1. The Kier molecular flexibility index (Phi) is 5.15. The van der Waals surface area contributed by atoms with E-state index in [-0.39, 0.29) is 24.4 Å². The Morgan fingerprint density at radius 1 is 1.24 bits per heavy atom. The van der Waals surface area contributed by atoms with Gasteiger partial charge in [0.1, 0.15) is 17.3 Å². The fraction of sp³-hybridized carbons (Fsp3) is 0.412. The lowest BCUT2D eigenvalue weighted by molar-refractivity contribution is 0.205. The van der Waals surface area contributed by atoms with Crippen molar-refractivity contribution >= 4 is 0 Å². The highest BCUT2D eigenvalue weighted by Crippen LogP contribution is 2.27. The maximum Gasteiger partial charge on any atom is 0.134 e. The van der Waals surface area contributed by atoms with E-state index in [4.69, 9.17) is 9.52 Å². The molecule has 114 valence electrons. The van der Waals surface area contributed by atoms with Gasteiger partial charge in [0.25, 0.3) is 0 Å². The van der Waals surface area contributed by atoms with Gasteiger partial charge in [0.15, 0.2) is 0 Å². The van der Waals surface area contributed by atoms with Gasteiger partial charge in [-0.2, -0.15) is 0 Å². The summed E-state index contributed by atoms with van der Waals surface area (Å²) in [6, 6.07) is 8.93. The molecular weight excluding hydrogens is 269 g/mol. The molecule has 0 saturated heterocycles. The second kappa shape index (κ2) is 6.87. The predicted molar refractivity (Wildman–Crippen MR) is 81.4 cm³/mol. The van der Waals surface area contributed by atoms with Gasteiger partial charge in [-0.3, -0.25) is 0 Å². The van der Waals surface area contributed by atoms with E-state index in [1.165, 1.54) is 6.07 Å². The van der Waals surface area contributed by atoms with Gasteiger partial charge in [-0.25, -0.2) is 4.39 Å². The van der Waals surface area contributed by atoms with Crippen LogP contribution >= 0.6 is 0 Å². The molecule has 0 spiro atoms. The Balaban J connectivity index is 2.06. The first kappa shape index (κ1) is 15.7. The molecule has 1 aromatic carbocycles. The molecule has 0 saturated carbocycles. The van der Waals surface area contributed by atoms with Crippen molar-refractivity contribution in [2.75, 3.05) is 6.61 Å². The van der Waals surface area contributed by atoms with Crippen molar-refractivity contribution in [2.24, 2.45) is 5.92 Å². The summed E-state index contributed by atoms with van der Waals surface area (Å²) >= 11 is 0. The molecule has 1 aromatic heterocycles. The number of hydrogen-bond acceptors (Lipinski definition) is 3. The molecular formula is C17H22FNO2. The molecule has 3 nitrogen and oxygen atoms in total. The zero-order valence-corrected chi connectivity index (χ0v) is 12.7. The van der Waals surface area contributed by atoms with Gasteiger partial charge in [0.05, 0.1) is 6.54 Å². The normalized spacial score (nSPS) is 14.1. The Hall–Kier alpha value is -1.65. The lowest BCUT2D eigenvalue weighted by Crippen LogP contribution is -2.33. The molecule has 21 heavy (non-hydrogen) atoms. The molecule has 0 aliphatic rings. The van der Waals surface area contributed by atoms with Crippen molar-refractivity contribution < 1.29 is 13.9 Å². The van der Waals surface area contributed by atoms with E-state index in [2.05, 4.69) is 5.32 Å². The lowest BCUT2D eigenvalue weighted by Gasteiger charge is -2.18. The Morgan fingerprint density at radius 2 is 2.00 bits per heavy atom. The van der Waals surface area contributed by atoms with Gasteiger partial charge in [0, 0.05) is 18.2 Å². The summed E-state index contributed by atoms with van der Waals surface area (Å²) in [5, 5.41) is 12.4. The largest absolute Gasteiger partial charge is 0.460 e. The van der Waals surface area contributed by atoms with E-state index in [0.717, 1.165) is 11.3 Å². The summed E-state index contributed by atoms with van der Waals surface area (Å²) in [4.78, 5) is 0. The van der Waals surface area contributed by atoms with Crippen molar-refractivity contribution in [3.63, 3.8) is 0 Å². The van der Waals surface area contributed by atoms with E-state index in [9.17, 15) is 4.39 Å². The van der Waals surface area contributed by atoms with E-state index in [0.29, 0.717) is 17.9 Å². The molecule has 0 radical (unpaired) electrons. The molecule has 1 heterocycles. The number of aliphatic hydroxyl groups excluding tert-OH is 1.